The minimum atomic E-state index is 0.000163. The number of carbonyl (C=O) groups excluding carboxylic acids is 1. The van der Waals surface area contributed by atoms with Gasteiger partial charge in [-0.25, -0.2) is 0 Å². The fourth-order valence-electron chi connectivity index (χ4n) is 1.83. The summed E-state index contributed by atoms with van der Waals surface area (Å²) in [6, 6.07) is 7.75. The monoisotopic (exact) mass is 320 g/mol. The number of anilines is 1. The maximum Gasteiger partial charge on any atom is 0.238 e. The van der Waals surface area contributed by atoms with Crippen LogP contribution in [0.15, 0.2) is 39.0 Å². The average Bonchev–Trinajstić information content (AvgIpc) is 3.16. The SMILES string of the molecule is O=C(CNCC1CC1)Nc1ccc(Sc2nncs2)cc1. The molecule has 1 aromatic heterocycles. The molecule has 1 aliphatic carbocycles. The predicted molar refractivity (Wildman–Crippen MR) is 84.7 cm³/mol. The highest BCUT2D eigenvalue weighted by atomic mass is 32.2. The molecule has 1 aromatic carbocycles. The van der Waals surface area contributed by atoms with Crippen LogP contribution in [-0.4, -0.2) is 29.2 Å². The van der Waals surface area contributed by atoms with Crippen molar-refractivity contribution in [1.82, 2.24) is 15.5 Å². The van der Waals surface area contributed by atoms with Gasteiger partial charge in [-0.05, 0) is 49.6 Å². The van der Waals surface area contributed by atoms with E-state index in [0.29, 0.717) is 6.54 Å². The summed E-state index contributed by atoms with van der Waals surface area (Å²) in [6.07, 6.45) is 2.59. The van der Waals surface area contributed by atoms with Gasteiger partial charge in [0.05, 0.1) is 6.54 Å². The predicted octanol–water partition coefficient (Wildman–Crippen LogP) is 2.63. The minimum Gasteiger partial charge on any atom is -0.325 e. The molecule has 1 amide bonds. The van der Waals surface area contributed by atoms with Gasteiger partial charge in [-0.3, -0.25) is 4.79 Å². The Hall–Kier alpha value is -1.44. The lowest BCUT2D eigenvalue weighted by molar-refractivity contribution is -0.115. The van der Waals surface area contributed by atoms with Gasteiger partial charge >= 0.3 is 0 Å². The van der Waals surface area contributed by atoms with Gasteiger partial charge in [0.15, 0.2) is 4.34 Å². The van der Waals surface area contributed by atoms with Crippen molar-refractivity contribution in [3.05, 3.63) is 29.8 Å². The van der Waals surface area contributed by atoms with Crippen LogP contribution < -0.4 is 10.6 Å². The van der Waals surface area contributed by atoms with Crippen molar-refractivity contribution in [3.8, 4) is 0 Å². The van der Waals surface area contributed by atoms with Gasteiger partial charge < -0.3 is 10.6 Å². The Labute approximate surface area is 131 Å². The van der Waals surface area contributed by atoms with E-state index in [9.17, 15) is 4.79 Å². The number of amides is 1. The third kappa shape index (κ3) is 4.80. The van der Waals surface area contributed by atoms with Crippen LogP contribution in [0.1, 0.15) is 12.8 Å². The van der Waals surface area contributed by atoms with Crippen LogP contribution in [-0.2, 0) is 4.79 Å². The lowest BCUT2D eigenvalue weighted by Gasteiger charge is -2.07. The molecule has 1 fully saturated rings. The Bertz CT molecular complexity index is 582. The van der Waals surface area contributed by atoms with Gasteiger partial charge in [0.2, 0.25) is 5.91 Å². The van der Waals surface area contributed by atoms with E-state index >= 15 is 0 Å². The van der Waals surface area contributed by atoms with Gasteiger partial charge in [0, 0.05) is 10.6 Å². The Morgan fingerprint density at radius 1 is 1.33 bits per heavy atom. The molecule has 0 saturated heterocycles. The number of rotatable bonds is 7. The van der Waals surface area contributed by atoms with E-state index in [0.717, 1.165) is 27.4 Å². The summed E-state index contributed by atoms with van der Waals surface area (Å²) in [6.45, 7) is 1.32. The van der Waals surface area contributed by atoms with Gasteiger partial charge in [-0.15, -0.1) is 10.2 Å². The topological polar surface area (TPSA) is 66.9 Å². The summed E-state index contributed by atoms with van der Waals surface area (Å²) in [5.41, 5.74) is 2.53. The lowest BCUT2D eigenvalue weighted by atomic mass is 10.3. The normalized spacial score (nSPS) is 14.1. The molecule has 7 heteroatoms. The molecular formula is C14H16N4OS2. The molecule has 5 nitrogen and oxygen atoms in total. The molecular weight excluding hydrogens is 304 g/mol. The molecule has 3 rings (SSSR count). The highest BCUT2D eigenvalue weighted by Crippen LogP contribution is 2.29. The number of aromatic nitrogens is 2. The van der Waals surface area contributed by atoms with Gasteiger partial charge in [0.25, 0.3) is 0 Å². The molecule has 2 N–H and O–H groups in total. The number of nitrogens with zero attached hydrogens (tertiary/aromatic N) is 2. The van der Waals surface area contributed by atoms with Crippen molar-refractivity contribution in [2.75, 3.05) is 18.4 Å². The second-order valence-corrected chi connectivity index (χ2v) is 7.11. The van der Waals surface area contributed by atoms with Crippen LogP contribution in [0.3, 0.4) is 0 Å². The van der Waals surface area contributed by atoms with Crippen molar-refractivity contribution in [3.63, 3.8) is 0 Å². The summed E-state index contributed by atoms with van der Waals surface area (Å²) in [7, 11) is 0. The van der Waals surface area contributed by atoms with Gasteiger partial charge in [-0.1, -0.05) is 23.1 Å². The molecule has 110 valence electrons. The van der Waals surface area contributed by atoms with Crippen LogP contribution in [0.5, 0.6) is 0 Å². The fourth-order valence-corrected chi connectivity index (χ4v) is 3.28. The molecule has 0 spiro atoms. The molecule has 0 bridgehead atoms. The van der Waals surface area contributed by atoms with Crippen molar-refractivity contribution >= 4 is 34.7 Å². The van der Waals surface area contributed by atoms with Gasteiger partial charge in [0.1, 0.15) is 5.51 Å². The molecule has 0 unspecified atom stereocenters. The van der Waals surface area contributed by atoms with Crippen molar-refractivity contribution in [1.29, 1.82) is 0 Å². The maximum absolute atomic E-state index is 11.8. The molecule has 0 aliphatic heterocycles. The van der Waals surface area contributed by atoms with Gasteiger partial charge in [-0.2, -0.15) is 0 Å². The lowest BCUT2D eigenvalue weighted by Crippen LogP contribution is -2.29. The van der Waals surface area contributed by atoms with Crippen LogP contribution in [0, 0.1) is 5.92 Å². The highest BCUT2D eigenvalue weighted by Gasteiger charge is 2.20. The van der Waals surface area contributed by atoms with Crippen LogP contribution >= 0.6 is 23.1 Å². The van der Waals surface area contributed by atoms with Crippen molar-refractivity contribution < 1.29 is 4.79 Å². The van der Waals surface area contributed by atoms with E-state index in [-0.39, 0.29) is 5.91 Å². The molecule has 21 heavy (non-hydrogen) atoms. The summed E-state index contributed by atoms with van der Waals surface area (Å²) in [4.78, 5) is 12.8. The molecule has 0 atom stereocenters. The Morgan fingerprint density at radius 2 is 2.14 bits per heavy atom. The quantitative estimate of drug-likeness (QED) is 0.821. The largest absolute Gasteiger partial charge is 0.325 e. The zero-order valence-electron chi connectivity index (χ0n) is 11.4. The van der Waals surface area contributed by atoms with Crippen LogP contribution in [0.2, 0.25) is 0 Å². The molecule has 0 radical (unpaired) electrons. The van der Waals surface area contributed by atoms with Crippen molar-refractivity contribution in [2.45, 2.75) is 22.1 Å². The molecule has 1 heterocycles. The van der Waals surface area contributed by atoms with E-state index < -0.39 is 0 Å². The van der Waals surface area contributed by atoms with E-state index in [1.165, 1.54) is 24.2 Å². The Kier molecular flexibility index (Phi) is 4.84. The summed E-state index contributed by atoms with van der Waals surface area (Å²) in [5, 5.41) is 13.9. The summed E-state index contributed by atoms with van der Waals surface area (Å²) >= 11 is 3.08. The smallest absolute Gasteiger partial charge is 0.238 e. The Morgan fingerprint density at radius 3 is 2.81 bits per heavy atom. The Balaban J connectivity index is 1.45. The van der Waals surface area contributed by atoms with E-state index in [1.807, 2.05) is 24.3 Å². The summed E-state index contributed by atoms with van der Waals surface area (Å²) < 4.78 is 0.913. The molecule has 1 aliphatic rings. The number of hydrogen-bond donors (Lipinski definition) is 2. The van der Waals surface area contributed by atoms with E-state index in [1.54, 1.807) is 17.3 Å². The average molecular weight is 320 g/mol. The number of hydrogen-bond acceptors (Lipinski definition) is 6. The van der Waals surface area contributed by atoms with E-state index in [4.69, 9.17) is 0 Å². The third-order valence-corrected chi connectivity index (χ3v) is 4.88. The second-order valence-electron chi connectivity index (χ2n) is 4.95. The van der Waals surface area contributed by atoms with Crippen LogP contribution in [0.25, 0.3) is 0 Å². The summed E-state index contributed by atoms with van der Waals surface area (Å²) in [5.74, 6) is 0.787. The van der Waals surface area contributed by atoms with E-state index in [2.05, 4.69) is 20.8 Å². The first-order chi connectivity index (χ1) is 10.3. The standard InChI is InChI=1S/C14H16N4OS2/c19-13(8-15-7-10-1-2-10)17-11-3-5-12(6-4-11)21-14-18-16-9-20-14/h3-6,9-10,15H,1-2,7-8H2,(H,17,19). The number of benzene rings is 1. The zero-order chi connectivity index (χ0) is 14.5. The first-order valence-electron chi connectivity index (χ1n) is 6.84. The number of carbonyl (C=O) groups is 1. The first-order valence-corrected chi connectivity index (χ1v) is 8.54. The van der Waals surface area contributed by atoms with Crippen LogP contribution in [0.4, 0.5) is 5.69 Å². The maximum atomic E-state index is 11.8. The minimum absolute atomic E-state index is 0.000163. The highest BCUT2D eigenvalue weighted by molar-refractivity contribution is 8.01. The molecule has 1 saturated carbocycles. The molecule has 2 aromatic rings. The zero-order valence-corrected chi connectivity index (χ0v) is 13.0. The third-order valence-electron chi connectivity index (χ3n) is 3.10. The second kappa shape index (κ2) is 7.02. The first kappa shape index (κ1) is 14.5. The number of nitrogens with one attached hydrogen (secondary N) is 2. The van der Waals surface area contributed by atoms with Crippen molar-refractivity contribution in [2.24, 2.45) is 5.92 Å². The fraction of sp³-hybridized carbons (Fsp3) is 0.357.